The fourth-order valence-electron chi connectivity index (χ4n) is 0.638. The lowest BCUT2D eigenvalue weighted by Crippen LogP contribution is -2.12. The van der Waals surface area contributed by atoms with Crippen LogP contribution in [0, 0.1) is 0 Å². The molecule has 0 aromatic carbocycles. The molecular formula is C8H11F3O. The Balaban J connectivity index is 3.75. The maximum Gasteiger partial charge on any atom is 0.396 e. The molecular weight excluding hydrogens is 169 g/mol. The van der Waals surface area contributed by atoms with Crippen molar-refractivity contribution in [2.45, 2.75) is 32.4 Å². The molecule has 0 radical (unpaired) electrons. The monoisotopic (exact) mass is 180 g/mol. The van der Waals surface area contributed by atoms with E-state index in [1.54, 1.807) is 0 Å². The number of ketones is 1. The number of carbonyl (C=O) groups is 1. The zero-order chi connectivity index (χ0) is 9.61. The molecule has 0 fully saturated rings. The van der Waals surface area contributed by atoms with Crippen LogP contribution in [-0.2, 0) is 4.79 Å². The zero-order valence-electron chi connectivity index (χ0n) is 6.82. The molecule has 0 heterocycles. The largest absolute Gasteiger partial charge is 0.396 e. The van der Waals surface area contributed by atoms with Gasteiger partial charge in [-0.05, 0) is 12.5 Å². The number of hydrogen-bond acceptors (Lipinski definition) is 1. The minimum atomic E-state index is -4.38. The Morgan fingerprint density at radius 3 is 2.42 bits per heavy atom. The summed E-state index contributed by atoms with van der Waals surface area (Å²) in [5.74, 6) is -0.879. The van der Waals surface area contributed by atoms with Gasteiger partial charge >= 0.3 is 6.18 Å². The molecule has 12 heavy (non-hydrogen) atoms. The van der Waals surface area contributed by atoms with Gasteiger partial charge in [-0.15, -0.1) is 0 Å². The fourth-order valence-corrected chi connectivity index (χ4v) is 0.638. The third kappa shape index (κ3) is 7.31. The second-order valence-electron chi connectivity index (χ2n) is 2.45. The maximum absolute atomic E-state index is 11.6. The molecule has 0 spiro atoms. The normalized spacial score (nSPS) is 12.3. The quantitative estimate of drug-likeness (QED) is 0.608. The van der Waals surface area contributed by atoms with Crippen LogP contribution in [0.5, 0.6) is 0 Å². The second kappa shape index (κ2) is 4.95. The Morgan fingerprint density at radius 1 is 1.42 bits per heavy atom. The van der Waals surface area contributed by atoms with Gasteiger partial charge in [-0.2, -0.15) is 13.2 Å². The minimum Gasteiger partial charge on any atom is -0.295 e. The highest BCUT2D eigenvalue weighted by Gasteiger charge is 2.29. The molecule has 0 amide bonds. The summed E-state index contributed by atoms with van der Waals surface area (Å²) >= 11 is 0. The van der Waals surface area contributed by atoms with Gasteiger partial charge in [-0.3, -0.25) is 4.79 Å². The van der Waals surface area contributed by atoms with Crippen LogP contribution in [-0.4, -0.2) is 12.0 Å². The van der Waals surface area contributed by atoms with Gasteiger partial charge in [0.1, 0.15) is 6.42 Å². The van der Waals surface area contributed by atoms with Crippen molar-refractivity contribution in [1.82, 2.24) is 0 Å². The average molecular weight is 180 g/mol. The molecule has 4 heteroatoms. The average Bonchev–Trinajstić information content (AvgIpc) is 1.84. The molecule has 0 aliphatic rings. The molecule has 0 N–H and O–H groups in total. The lowest BCUT2D eigenvalue weighted by atomic mass is 10.2. The summed E-state index contributed by atoms with van der Waals surface area (Å²) in [6, 6.07) is 0. The van der Waals surface area contributed by atoms with E-state index in [0.29, 0.717) is 6.42 Å². The summed E-state index contributed by atoms with van der Waals surface area (Å²) in [5.41, 5.74) is 0. The lowest BCUT2D eigenvalue weighted by Gasteiger charge is -2.00. The molecule has 0 unspecified atom stereocenters. The highest BCUT2D eigenvalue weighted by atomic mass is 19.4. The minimum absolute atomic E-state index is 0.642. The summed E-state index contributed by atoms with van der Waals surface area (Å²) in [5, 5.41) is 0. The van der Waals surface area contributed by atoms with E-state index >= 15 is 0 Å². The third-order valence-corrected chi connectivity index (χ3v) is 1.13. The Hall–Kier alpha value is -0.800. The molecule has 0 saturated heterocycles. The van der Waals surface area contributed by atoms with E-state index in [-0.39, 0.29) is 0 Å². The van der Waals surface area contributed by atoms with Crippen molar-refractivity contribution >= 4 is 5.78 Å². The Kier molecular flexibility index (Phi) is 4.62. The van der Waals surface area contributed by atoms with Crippen LogP contribution in [0.15, 0.2) is 12.2 Å². The van der Waals surface area contributed by atoms with Crippen molar-refractivity contribution in [1.29, 1.82) is 0 Å². The molecule has 0 aliphatic heterocycles. The first-order chi connectivity index (χ1) is 5.45. The molecule has 0 aromatic rings. The highest BCUT2D eigenvalue weighted by Crippen LogP contribution is 2.19. The predicted octanol–water partition coefficient (Wildman–Crippen LogP) is 2.86. The SMILES string of the molecule is CCCC=CC(=O)CC(F)(F)F. The van der Waals surface area contributed by atoms with Gasteiger partial charge in [-0.1, -0.05) is 19.4 Å². The van der Waals surface area contributed by atoms with Crippen LogP contribution in [0.4, 0.5) is 13.2 Å². The first-order valence-electron chi connectivity index (χ1n) is 3.72. The summed E-state index contributed by atoms with van der Waals surface area (Å²) in [6.45, 7) is 1.89. The van der Waals surface area contributed by atoms with E-state index in [0.717, 1.165) is 12.5 Å². The van der Waals surface area contributed by atoms with Crippen LogP contribution in [0.3, 0.4) is 0 Å². The van der Waals surface area contributed by atoms with Crippen molar-refractivity contribution < 1.29 is 18.0 Å². The number of alkyl halides is 3. The van der Waals surface area contributed by atoms with E-state index in [9.17, 15) is 18.0 Å². The number of unbranched alkanes of at least 4 members (excludes halogenated alkanes) is 1. The number of rotatable bonds is 4. The van der Waals surface area contributed by atoms with Crippen molar-refractivity contribution in [3.05, 3.63) is 12.2 Å². The van der Waals surface area contributed by atoms with Crippen molar-refractivity contribution in [2.24, 2.45) is 0 Å². The highest BCUT2D eigenvalue weighted by molar-refractivity contribution is 5.90. The first-order valence-corrected chi connectivity index (χ1v) is 3.72. The molecule has 0 aromatic heterocycles. The van der Waals surface area contributed by atoms with Gasteiger partial charge in [-0.25, -0.2) is 0 Å². The lowest BCUT2D eigenvalue weighted by molar-refractivity contribution is -0.148. The smallest absolute Gasteiger partial charge is 0.295 e. The number of carbonyl (C=O) groups excluding carboxylic acids is 1. The standard InChI is InChI=1S/C8H11F3O/c1-2-3-4-5-7(12)6-8(9,10)11/h4-5H,2-3,6H2,1H3. The third-order valence-electron chi connectivity index (χ3n) is 1.13. The number of halogens is 3. The Labute approximate surface area is 69.3 Å². The summed E-state index contributed by atoms with van der Waals surface area (Å²) < 4.78 is 34.7. The van der Waals surface area contributed by atoms with E-state index < -0.39 is 18.4 Å². The van der Waals surface area contributed by atoms with Crippen LogP contribution in [0.25, 0.3) is 0 Å². The number of allylic oxidation sites excluding steroid dienone is 2. The Bertz CT molecular complexity index is 170. The summed E-state index contributed by atoms with van der Waals surface area (Å²) in [6.07, 6.45) is -1.80. The van der Waals surface area contributed by atoms with Gasteiger partial charge < -0.3 is 0 Å². The molecule has 0 saturated carbocycles. The van der Waals surface area contributed by atoms with Crippen molar-refractivity contribution in [3.8, 4) is 0 Å². The molecule has 0 aliphatic carbocycles. The van der Waals surface area contributed by atoms with Gasteiger partial charge in [0, 0.05) is 0 Å². The van der Waals surface area contributed by atoms with E-state index in [4.69, 9.17) is 0 Å². The topological polar surface area (TPSA) is 17.1 Å². The van der Waals surface area contributed by atoms with Crippen molar-refractivity contribution in [3.63, 3.8) is 0 Å². The Morgan fingerprint density at radius 2 is 2.00 bits per heavy atom. The molecule has 1 nitrogen and oxygen atoms in total. The molecule has 0 atom stereocenters. The van der Waals surface area contributed by atoms with Gasteiger partial charge in [0.2, 0.25) is 0 Å². The van der Waals surface area contributed by atoms with Crippen LogP contribution >= 0.6 is 0 Å². The summed E-state index contributed by atoms with van der Waals surface area (Å²) in [7, 11) is 0. The van der Waals surface area contributed by atoms with E-state index in [1.807, 2.05) is 6.92 Å². The van der Waals surface area contributed by atoms with E-state index in [1.165, 1.54) is 6.08 Å². The van der Waals surface area contributed by atoms with Crippen LogP contribution in [0.2, 0.25) is 0 Å². The fraction of sp³-hybridized carbons (Fsp3) is 0.625. The number of hydrogen-bond donors (Lipinski definition) is 0. The zero-order valence-corrected chi connectivity index (χ0v) is 6.82. The van der Waals surface area contributed by atoms with Crippen LogP contribution in [0.1, 0.15) is 26.2 Å². The van der Waals surface area contributed by atoms with Crippen LogP contribution < -0.4 is 0 Å². The van der Waals surface area contributed by atoms with Crippen molar-refractivity contribution in [2.75, 3.05) is 0 Å². The maximum atomic E-state index is 11.6. The second-order valence-corrected chi connectivity index (χ2v) is 2.45. The molecule has 70 valence electrons. The van der Waals surface area contributed by atoms with Gasteiger partial charge in [0.25, 0.3) is 0 Å². The van der Waals surface area contributed by atoms with Gasteiger partial charge in [0.05, 0.1) is 0 Å². The molecule has 0 rings (SSSR count). The molecule has 0 bridgehead atoms. The summed E-state index contributed by atoms with van der Waals surface area (Å²) in [4.78, 5) is 10.5. The van der Waals surface area contributed by atoms with Gasteiger partial charge in [0.15, 0.2) is 5.78 Å². The van der Waals surface area contributed by atoms with E-state index in [2.05, 4.69) is 0 Å². The first kappa shape index (κ1) is 11.2. The predicted molar refractivity (Wildman–Crippen MR) is 39.7 cm³/mol.